The summed E-state index contributed by atoms with van der Waals surface area (Å²) in [6, 6.07) is 13.2. The van der Waals surface area contributed by atoms with Crippen LogP contribution in [0.4, 0.5) is 4.39 Å². The Bertz CT molecular complexity index is 1390. The number of sulfonamides is 1. The number of β-lactam (4-membered cyclic amide) rings is 1. The summed E-state index contributed by atoms with van der Waals surface area (Å²) < 4.78 is 42.3. The topological polar surface area (TPSA) is 105 Å². The number of nitrogens with zero attached hydrogens (tertiary/aromatic N) is 2. The van der Waals surface area contributed by atoms with Crippen LogP contribution < -0.4 is 11.1 Å². The van der Waals surface area contributed by atoms with Crippen molar-refractivity contribution < 1.29 is 17.6 Å². The third-order valence-corrected chi connectivity index (χ3v) is 9.47. The van der Waals surface area contributed by atoms with E-state index in [1.54, 1.807) is 19.1 Å². The molecule has 32 heavy (non-hydrogen) atoms. The Balaban J connectivity index is 1.60. The Morgan fingerprint density at radius 1 is 1.25 bits per heavy atom. The van der Waals surface area contributed by atoms with Gasteiger partial charge in [0.15, 0.2) is 0 Å². The first-order chi connectivity index (χ1) is 15.1. The van der Waals surface area contributed by atoms with Gasteiger partial charge in [-0.3, -0.25) is 4.79 Å². The summed E-state index contributed by atoms with van der Waals surface area (Å²) in [7, 11) is -2.37. The molecule has 0 bridgehead atoms. The van der Waals surface area contributed by atoms with Crippen LogP contribution in [-0.4, -0.2) is 37.4 Å². The van der Waals surface area contributed by atoms with Crippen LogP contribution in [-0.2, 0) is 20.4 Å². The fourth-order valence-electron chi connectivity index (χ4n) is 4.18. The zero-order valence-electron chi connectivity index (χ0n) is 17.4. The van der Waals surface area contributed by atoms with Gasteiger partial charge in [0, 0.05) is 17.1 Å². The Labute approximate surface area is 188 Å². The van der Waals surface area contributed by atoms with Crippen molar-refractivity contribution in [2.24, 2.45) is 10.7 Å². The third kappa shape index (κ3) is 3.17. The highest BCUT2D eigenvalue weighted by molar-refractivity contribution is 7.89. The van der Waals surface area contributed by atoms with E-state index in [2.05, 4.69) is 10.3 Å². The van der Waals surface area contributed by atoms with Crippen molar-refractivity contribution in [3.63, 3.8) is 0 Å². The fraction of sp³-hybridized carbons (Fsp3) is 0.273. The highest BCUT2D eigenvalue weighted by Crippen LogP contribution is 2.44. The molecular weight excluding hydrogens is 451 g/mol. The van der Waals surface area contributed by atoms with Gasteiger partial charge >= 0.3 is 0 Å². The molecule has 3 heterocycles. The standard InChI is InChI=1S/C22H21FN4O3S2/c1-22(11-32(29,30)27(2)21(24)26-22)20-18(23)15-5-3-4-14(19(15)31-20)12-6-8-13(9-7-12)16-10-17(28)25-16/h3-9,16H,10-11H2,1-2H3,(H2,24,26)(H,25,28)/t16?,22-/m0/s1. The second-order valence-electron chi connectivity index (χ2n) is 8.34. The Kier molecular flexibility index (Phi) is 4.58. The number of halogens is 1. The molecule has 2 atom stereocenters. The van der Waals surface area contributed by atoms with E-state index in [0.29, 0.717) is 11.8 Å². The second-order valence-corrected chi connectivity index (χ2v) is 11.4. The smallest absolute Gasteiger partial charge is 0.239 e. The van der Waals surface area contributed by atoms with Crippen molar-refractivity contribution >= 4 is 43.3 Å². The molecular formula is C22H21FN4O3S2. The maximum absolute atomic E-state index is 15.5. The molecule has 0 spiro atoms. The number of hydrogen-bond acceptors (Lipinski definition) is 6. The predicted molar refractivity (Wildman–Crippen MR) is 123 cm³/mol. The van der Waals surface area contributed by atoms with Gasteiger partial charge in [-0.05, 0) is 23.6 Å². The van der Waals surface area contributed by atoms with E-state index in [4.69, 9.17) is 5.73 Å². The van der Waals surface area contributed by atoms with Gasteiger partial charge in [-0.25, -0.2) is 22.1 Å². The maximum Gasteiger partial charge on any atom is 0.239 e. The number of carbonyl (C=O) groups excluding carboxylic acids is 1. The van der Waals surface area contributed by atoms with Gasteiger partial charge in [0.05, 0.1) is 23.1 Å². The number of fused-ring (bicyclic) bond motifs is 1. The van der Waals surface area contributed by atoms with E-state index in [1.165, 1.54) is 18.4 Å². The van der Waals surface area contributed by atoms with Gasteiger partial charge in [0.1, 0.15) is 11.4 Å². The molecule has 10 heteroatoms. The zero-order chi connectivity index (χ0) is 22.8. The van der Waals surface area contributed by atoms with E-state index in [0.717, 1.165) is 25.7 Å². The molecule has 7 nitrogen and oxygen atoms in total. The van der Waals surface area contributed by atoms with Crippen LogP contribution in [0.1, 0.15) is 29.8 Å². The van der Waals surface area contributed by atoms with Gasteiger partial charge in [-0.1, -0.05) is 42.5 Å². The molecule has 3 N–H and O–H groups in total. The lowest BCUT2D eigenvalue weighted by Gasteiger charge is -2.33. The first kappa shape index (κ1) is 20.9. The van der Waals surface area contributed by atoms with Crippen LogP contribution in [0.2, 0.25) is 0 Å². The average Bonchev–Trinajstić information content (AvgIpc) is 3.07. The molecule has 0 radical (unpaired) electrons. The molecule has 3 aromatic rings. The number of rotatable bonds is 3. The summed E-state index contributed by atoms with van der Waals surface area (Å²) >= 11 is 1.20. The quantitative estimate of drug-likeness (QED) is 0.572. The minimum Gasteiger partial charge on any atom is -0.369 e. The molecule has 1 saturated heterocycles. The van der Waals surface area contributed by atoms with Crippen LogP contribution in [0.25, 0.3) is 21.2 Å². The van der Waals surface area contributed by atoms with Gasteiger partial charge in [-0.2, -0.15) is 0 Å². The monoisotopic (exact) mass is 472 g/mol. The summed E-state index contributed by atoms with van der Waals surface area (Å²) in [5, 5.41) is 3.27. The highest BCUT2D eigenvalue weighted by atomic mass is 32.2. The summed E-state index contributed by atoms with van der Waals surface area (Å²) in [6.07, 6.45) is 0.481. The molecule has 1 unspecified atom stereocenters. The van der Waals surface area contributed by atoms with Gasteiger partial charge in [0.25, 0.3) is 0 Å². The van der Waals surface area contributed by atoms with E-state index >= 15 is 4.39 Å². The van der Waals surface area contributed by atoms with Crippen molar-refractivity contribution in [2.45, 2.75) is 24.9 Å². The van der Waals surface area contributed by atoms with Crippen LogP contribution in [0.15, 0.2) is 47.5 Å². The minimum atomic E-state index is -3.71. The summed E-state index contributed by atoms with van der Waals surface area (Å²) in [5.41, 5.74) is 7.31. The number of amides is 1. The molecule has 5 rings (SSSR count). The molecule has 1 fully saturated rings. The Hall–Kier alpha value is -2.98. The lowest BCUT2D eigenvalue weighted by Crippen LogP contribution is -2.50. The summed E-state index contributed by atoms with van der Waals surface area (Å²) in [6.45, 7) is 1.60. The number of aliphatic imine (C=N–C) groups is 1. The number of thiophene rings is 1. The maximum atomic E-state index is 15.5. The number of benzene rings is 2. The van der Waals surface area contributed by atoms with Crippen LogP contribution in [0, 0.1) is 5.82 Å². The van der Waals surface area contributed by atoms with Crippen molar-refractivity contribution in [1.82, 2.24) is 9.62 Å². The summed E-state index contributed by atoms with van der Waals surface area (Å²) in [4.78, 5) is 15.8. The SMILES string of the molecule is CN1C(N)=N[C@](C)(c2sc3c(-c4ccc(C5CC(=O)N5)cc4)cccc3c2F)CS1(=O)=O. The van der Waals surface area contributed by atoms with E-state index in [-0.39, 0.29) is 28.5 Å². The number of hydrogen-bond donors (Lipinski definition) is 2. The first-order valence-corrected chi connectivity index (χ1v) is 12.4. The first-order valence-electron chi connectivity index (χ1n) is 10.0. The van der Waals surface area contributed by atoms with Gasteiger partial charge in [-0.15, -0.1) is 11.3 Å². The minimum absolute atomic E-state index is 0.0350. The lowest BCUT2D eigenvalue weighted by atomic mass is 9.94. The lowest BCUT2D eigenvalue weighted by molar-refractivity contribution is -0.128. The molecule has 0 aliphatic carbocycles. The summed E-state index contributed by atoms with van der Waals surface area (Å²) in [5.74, 6) is -0.954. The molecule has 1 aromatic heterocycles. The Morgan fingerprint density at radius 2 is 1.94 bits per heavy atom. The van der Waals surface area contributed by atoms with Gasteiger partial charge < -0.3 is 11.1 Å². The van der Waals surface area contributed by atoms with E-state index in [9.17, 15) is 13.2 Å². The largest absolute Gasteiger partial charge is 0.369 e. The normalized spacial score (nSPS) is 24.7. The highest BCUT2D eigenvalue weighted by Gasteiger charge is 2.43. The molecule has 0 saturated carbocycles. The van der Waals surface area contributed by atoms with Crippen molar-refractivity contribution in [1.29, 1.82) is 0 Å². The average molecular weight is 473 g/mol. The zero-order valence-corrected chi connectivity index (χ0v) is 19.1. The second kappa shape index (κ2) is 7.01. The molecule has 2 aliphatic rings. The Morgan fingerprint density at radius 3 is 2.56 bits per heavy atom. The number of guanidine groups is 1. The van der Waals surface area contributed by atoms with Crippen molar-refractivity contribution in [3.05, 3.63) is 58.7 Å². The molecule has 166 valence electrons. The number of nitrogens with one attached hydrogen (secondary N) is 1. The van der Waals surface area contributed by atoms with Crippen molar-refractivity contribution in [2.75, 3.05) is 12.8 Å². The van der Waals surface area contributed by atoms with Crippen LogP contribution >= 0.6 is 11.3 Å². The van der Waals surface area contributed by atoms with E-state index in [1.807, 2.05) is 30.3 Å². The molecule has 1 amide bonds. The number of nitrogens with two attached hydrogens (primary N) is 1. The van der Waals surface area contributed by atoms with Crippen LogP contribution in [0.5, 0.6) is 0 Å². The fourth-order valence-corrected chi connectivity index (χ4v) is 7.02. The third-order valence-electron chi connectivity index (χ3n) is 6.06. The van der Waals surface area contributed by atoms with Crippen LogP contribution in [0.3, 0.4) is 0 Å². The molecule has 2 aromatic carbocycles. The predicted octanol–water partition coefficient (Wildman–Crippen LogP) is 3.07. The molecule has 2 aliphatic heterocycles. The van der Waals surface area contributed by atoms with E-state index < -0.39 is 21.4 Å². The van der Waals surface area contributed by atoms with Gasteiger partial charge in [0.2, 0.25) is 21.9 Å². The van der Waals surface area contributed by atoms with Crippen molar-refractivity contribution in [3.8, 4) is 11.1 Å². The number of carbonyl (C=O) groups is 1.